The van der Waals surface area contributed by atoms with Crippen molar-refractivity contribution in [3.05, 3.63) is 60.4 Å². The molecule has 2 N–H and O–H groups in total. The van der Waals surface area contributed by atoms with Gasteiger partial charge in [-0.3, -0.25) is 4.79 Å². The highest BCUT2D eigenvalue weighted by molar-refractivity contribution is 7.89. The van der Waals surface area contributed by atoms with Gasteiger partial charge in [-0.1, -0.05) is 39.3 Å². The summed E-state index contributed by atoms with van der Waals surface area (Å²) in [6, 6.07) is 13.5. The van der Waals surface area contributed by atoms with E-state index < -0.39 is 16.0 Å². The molecule has 36 heavy (non-hydrogen) atoms. The Balaban J connectivity index is 2.22. The predicted octanol–water partition coefficient (Wildman–Crippen LogP) is 5.72. The molecular weight excluding hydrogens is 483 g/mol. The van der Waals surface area contributed by atoms with Crippen molar-refractivity contribution in [1.29, 1.82) is 0 Å². The van der Waals surface area contributed by atoms with Gasteiger partial charge in [0.15, 0.2) is 0 Å². The highest BCUT2D eigenvalue weighted by atomic mass is 32.2. The molecule has 3 aromatic rings. The number of hydrogen-bond acceptors (Lipinski definition) is 6. The molecule has 3 rings (SSSR count). The van der Waals surface area contributed by atoms with Gasteiger partial charge >= 0.3 is 5.97 Å². The third-order valence-corrected chi connectivity index (χ3v) is 6.76. The summed E-state index contributed by atoms with van der Waals surface area (Å²) >= 11 is 0. The van der Waals surface area contributed by atoms with Crippen LogP contribution in [0, 0.1) is 11.7 Å². The van der Waals surface area contributed by atoms with Gasteiger partial charge in [-0.05, 0) is 67.3 Å². The standard InChI is InChI=1S/C27H31FN2O5S/c1-4-7-16-34-26-25(35-27(31)18(5-2)6-3)23(19-10-14-22(15-11-19)36(29,32)33)17-24(30-26)20-8-12-21(28)13-9-20/h8-15,17-18H,4-7,16H2,1-3H3,(H2,29,32,33). The van der Waals surface area contributed by atoms with Crippen LogP contribution in [0.4, 0.5) is 4.39 Å². The molecule has 0 spiro atoms. The maximum absolute atomic E-state index is 13.6. The van der Waals surface area contributed by atoms with Gasteiger partial charge in [-0.15, -0.1) is 0 Å². The molecule has 0 saturated carbocycles. The maximum atomic E-state index is 13.6. The molecule has 1 heterocycles. The molecule has 0 atom stereocenters. The molecule has 0 saturated heterocycles. The van der Waals surface area contributed by atoms with Crippen molar-refractivity contribution in [2.24, 2.45) is 11.1 Å². The van der Waals surface area contributed by atoms with E-state index in [2.05, 4.69) is 4.98 Å². The Hall–Kier alpha value is -3.30. The smallest absolute Gasteiger partial charge is 0.314 e. The second-order valence-corrected chi connectivity index (χ2v) is 9.96. The number of carbonyl (C=O) groups is 1. The summed E-state index contributed by atoms with van der Waals surface area (Å²) < 4.78 is 48.9. The second-order valence-electron chi connectivity index (χ2n) is 8.40. The summed E-state index contributed by atoms with van der Waals surface area (Å²) in [6.07, 6.45) is 2.88. The van der Waals surface area contributed by atoms with Crippen LogP contribution in [0.15, 0.2) is 59.5 Å². The SMILES string of the molecule is CCCCOc1nc(-c2ccc(F)cc2)cc(-c2ccc(S(N)(=O)=O)cc2)c1OC(=O)C(CC)CC. The Morgan fingerprint density at radius 1 is 1.00 bits per heavy atom. The molecule has 7 nitrogen and oxygen atoms in total. The average molecular weight is 515 g/mol. The van der Waals surface area contributed by atoms with Gasteiger partial charge < -0.3 is 9.47 Å². The van der Waals surface area contributed by atoms with Crippen LogP contribution in [0.2, 0.25) is 0 Å². The highest BCUT2D eigenvalue weighted by Gasteiger charge is 2.24. The van der Waals surface area contributed by atoms with Crippen LogP contribution in [0.25, 0.3) is 22.4 Å². The first-order valence-corrected chi connectivity index (χ1v) is 13.5. The van der Waals surface area contributed by atoms with Gasteiger partial charge in [0, 0.05) is 11.1 Å². The molecule has 0 bridgehead atoms. The predicted molar refractivity (Wildman–Crippen MR) is 137 cm³/mol. The number of rotatable bonds is 11. The molecule has 0 unspecified atom stereocenters. The van der Waals surface area contributed by atoms with E-state index in [1.54, 1.807) is 30.3 Å². The van der Waals surface area contributed by atoms with Crippen LogP contribution in [-0.2, 0) is 14.8 Å². The minimum Gasteiger partial charge on any atom is -0.475 e. The van der Waals surface area contributed by atoms with Crippen molar-refractivity contribution >= 4 is 16.0 Å². The number of ether oxygens (including phenoxy) is 2. The number of nitrogens with two attached hydrogens (primary N) is 1. The molecular formula is C27H31FN2O5S. The topological polar surface area (TPSA) is 109 Å². The fourth-order valence-electron chi connectivity index (χ4n) is 3.63. The van der Waals surface area contributed by atoms with Crippen molar-refractivity contribution in [3.63, 3.8) is 0 Å². The van der Waals surface area contributed by atoms with Gasteiger partial charge in [0.25, 0.3) is 5.88 Å². The second kappa shape index (κ2) is 12.1. The molecule has 0 fully saturated rings. The normalized spacial score (nSPS) is 11.5. The van der Waals surface area contributed by atoms with Crippen LogP contribution in [0.1, 0.15) is 46.5 Å². The Kier molecular flexibility index (Phi) is 9.17. The van der Waals surface area contributed by atoms with Gasteiger partial charge in [-0.25, -0.2) is 22.9 Å². The van der Waals surface area contributed by atoms with Gasteiger partial charge in [0.05, 0.1) is 23.1 Å². The zero-order chi connectivity index (χ0) is 26.3. The van der Waals surface area contributed by atoms with Crippen LogP contribution in [-0.4, -0.2) is 26.0 Å². The van der Waals surface area contributed by atoms with Crippen LogP contribution >= 0.6 is 0 Å². The fraction of sp³-hybridized carbons (Fsp3) is 0.333. The van der Waals surface area contributed by atoms with Gasteiger partial charge in [-0.2, -0.15) is 0 Å². The lowest BCUT2D eigenvalue weighted by molar-refractivity contribution is -0.139. The number of pyridine rings is 1. The van der Waals surface area contributed by atoms with E-state index >= 15 is 0 Å². The zero-order valence-corrected chi connectivity index (χ0v) is 21.5. The van der Waals surface area contributed by atoms with E-state index in [1.807, 2.05) is 20.8 Å². The third-order valence-electron chi connectivity index (χ3n) is 5.83. The van der Waals surface area contributed by atoms with Crippen molar-refractivity contribution in [3.8, 4) is 34.0 Å². The summed E-state index contributed by atoms with van der Waals surface area (Å²) in [4.78, 5) is 17.5. The average Bonchev–Trinajstić information content (AvgIpc) is 2.85. The Bertz CT molecular complexity index is 1290. The number of benzene rings is 2. The quantitative estimate of drug-likeness (QED) is 0.259. The summed E-state index contributed by atoms with van der Waals surface area (Å²) in [5.74, 6) is -0.804. The van der Waals surface area contributed by atoms with Crippen LogP contribution in [0.3, 0.4) is 0 Å². The van der Waals surface area contributed by atoms with Crippen molar-refractivity contribution in [2.45, 2.75) is 51.3 Å². The first-order chi connectivity index (χ1) is 17.2. The highest BCUT2D eigenvalue weighted by Crippen LogP contribution is 2.41. The lowest BCUT2D eigenvalue weighted by atomic mass is 10.0. The summed E-state index contributed by atoms with van der Waals surface area (Å²) in [5.41, 5.74) is 2.17. The summed E-state index contributed by atoms with van der Waals surface area (Å²) in [6.45, 7) is 6.21. The number of carbonyl (C=O) groups excluding carboxylic acids is 1. The first-order valence-electron chi connectivity index (χ1n) is 12.0. The van der Waals surface area contributed by atoms with Crippen molar-refractivity contribution < 1.29 is 27.1 Å². The molecule has 0 aliphatic heterocycles. The number of esters is 1. The molecule has 0 radical (unpaired) electrons. The van der Waals surface area contributed by atoms with E-state index in [1.165, 1.54) is 24.3 Å². The first kappa shape index (κ1) is 27.3. The lowest BCUT2D eigenvalue weighted by Crippen LogP contribution is -2.20. The van der Waals surface area contributed by atoms with Crippen molar-refractivity contribution in [2.75, 3.05) is 6.61 Å². The minimum absolute atomic E-state index is 0.0472. The van der Waals surface area contributed by atoms with Crippen molar-refractivity contribution in [1.82, 2.24) is 4.98 Å². The van der Waals surface area contributed by atoms with E-state index in [0.29, 0.717) is 41.8 Å². The van der Waals surface area contributed by atoms with E-state index in [4.69, 9.17) is 14.6 Å². The number of sulfonamides is 1. The Morgan fingerprint density at radius 2 is 1.61 bits per heavy atom. The number of hydrogen-bond donors (Lipinski definition) is 1. The van der Waals surface area contributed by atoms with Crippen LogP contribution in [0.5, 0.6) is 11.6 Å². The Labute approximate surface area is 211 Å². The molecule has 0 aliphatic carbocycles. The largest absolute Gasteiger partial charge is 0.475 e. The van der Waals surface area contributed by atoms with Crippen LogP contribution < -0.4 is 14.6 Å². The number of unbranched alkanes of at least 4 members (excludes halogenated alkanes) is 1. The number of aromatic nitrogens is 1. The lowest BCUT2D eigenvalue weighted by Gasteiger charge is -2.19. The molecule has 0 amide bonds. The summed E-state index contributed by atoms with van der Waals surface area (Å²) in [5, 5.41) is 5.25. The number of primary sulfonamides is 1. The third kappa shape index (κ3) is 6.67. The number of nitrogens with zero attached hydrogens (tertiary/aromatic N) is 1. The molecule has 9 heteroatoms. The van der Waals surface area contributed by atoms with E-state index in [9.17, 15) is 17.6 Å². The van der Waals surface area contributed by atoms with Gasteiger partial charge in [0.1, 0.15) is 5.82 Å². The maximum Gasteiger partial charge on any atom is 0.314 e. The Morgan fingerprint density at radius 3 is 2.17 bits per heavy atom. The minimum atomic E-state index is -3.89. The monoisotopic (exact) mass is 514 g/mol. The fourth-order valence-corrected chi connectivity index (χ4v) is 4.15. The number of halogens is 1. The molecule has 2 aromatic carbocycles. The van der Waals surface area contributed by atoms with E-state index in [-0.39, 0.29) is 28.3 Å². The van der Waals surface area contributed by atoms with E-state index in [0.717, 1.165) is 12.8 Å². The molecule has 0 aliphatic rings. The molecule has 192 valence electrons. The summed E-state index contributed by atoms with van der Waals surface area (Å²) in [7, 11) is -3.89. The molecule has 1 aromatic heterocycles. The van der Waals surface area contributed by atoms with Gasteiger partial charge in [0.2, 0.25) is 15.8 Å². The zero-order valence-electron chi connectivity index (χ0n) is 20.7.